The molecule has 0 aliphatic rings. The highest BCUT2D eigenvalue weighted by molar-refractivity contribution is 5.87. The molecule has 0 amide bonds. The van der Waals surface area contributed by atoms with Gasteiger partial charge in [-0.15, -0.1) is 0 Å². The fourth-order valence-electron chi connectivity index (χ4n) is 2.00. The van der Waals surface area contributed by atoms with Crippen LogP contribution in [0.4, 0.5) is 0 Å². The van der Waals surface area contributed by atoms with E-state index in [4.69, 9.17) is 4.74 Å². The molecule has 0 N–H and O–H groups in total. The molecule has 0 fully saturated rings. The Morgan fingerprint density at radius 3 is 3.00 bits per heavy atom. The zero-order valence-electron chi connectivity index (χ0n) is 11.1. The summed E-state index contributed by atoms with van der Waals surface area (Å²) in [5, 5.41) is 0. The summed E-state index contributed by atoms with van der Waals surface area (Å²) in [5.74, 6) is -0.256. The second kappa shape index (κ2) is 6.73. The molecule has 0 unspecified atom stereocenters. The van der Waals surface area contributed by atoms with Crippen LogP contribution in [0.3, 0.4) is 0 Å². The van der Waals surface area contributed by atoms with E-state index in [0.29, 0.717) is 12.3 Å². The first-order valence-electron chi connectivity index (χ1n) is 6.52. The molecule has 0 saturated carbocycles. The lowest BCUT2D eigenvalue weighted by Gasteiger charge is -2.08. The molecule has 0 atom stereocenters. The molecular weight excluding hydrogens is 240 g/mol. The minimum absolute atomic E-state index is 0.256. The van der Waals surface area contributed by atoms with Crippen LogP contribution < -0.4 is 0 Å². The largest absolute Gasteiger partial charge is 0.461 e. The molecule has 0 spiro atoms. The van der Waals surface area contributed by atoms with Crippen LogP contribution in [0.15, 0.2) is 42.9 Å². The van der Waals surface area contributed by atoms with E-state index in [0.717, 1.165) is 19.4 Å². The number of nitrogens with zero attached hydrogens (tertiary/aromatic N) is 2. The van der Waals surface area contributed by atoms with E-state index >= 15 is 0 Å². The Bertz CT molecular complexity index is 520. The van der Waals surface area contributed by atoms with Crippen molar-refractivity contribution in [3.63, 3.8) is 0 Å². The normalized spacial score (nSPS) is 10.4. The van der Waals surface area contributed by atoms with E-state index < -0.39 is 0 Å². The van der Waals surface area contributed by atoms with Crippen LogP contribution in [0.25, 0.3) is 0 Å². The van der Waals surface area contributed by atoms with Crippen molar-refractivity contribution in [2.24, 2.45) is 0 Å². The summed E-state index contributed by atoms with van der Waals surface area (Å²) in [5.41, 5.74) is 1.83. The third kappa shape index (κ3) is 3.68. The van der Waals surface area contributed by atoms with Crippen molar-refractivity contribution in [3.05, 3.63) is 54.1 Å². The molecule has 0 radical (unpaired) electrons. The van der Waals surface area contributed by atoms with Gasteiger partial charge >= 0.3 is 5.97 Å². The fraction of sp³-hybridized carbons (Fsp3) is 0.333. The highest BCUT2D eigenvalue weighted by Gasteiger charge is 2.10. The maximum Gasteiger partial charge on any atom is 0.354 e. The lowest BCUT2D eigenvalue weighted by Crippen LogP contribution is -2.12. The number of aromatic nitrogens is 2. The Labute approximate surface area is 113 Å². The zero-order valence-corrected chi connectivity index (χ0v) is 11.1. The monoisotopic (exact) mass is 258 g/mol. The molecule has 2 aromatic heterocycles. The topological polar surface area (TPSA) is 44.1 Å². The summed E-state index contributed by atoms with van der Waals surface area (Å²) in [6.07, 6.45) is 7.48. The lowest BCUT2D eigenvalue weighted by atomic mass is 10.1. The van der Waals surface area contributed by atoms with Gasteiger partial charge in [-0.2, -0.15) is 0 Å². The highest BCUT2D eigenvalue weighted by atomic mass is 16.5. The predicted octanol–water partition coefficient (Wildman–Crippen LogP) is 2.69. The van der Waals surface area contributed by atoms with Gasteiger partial charge in [0.05, 0.1) is 6.61 Å². The Morgan fingerprint density at radius 2 is 2.26 bits per heavy atom. The molecule has 2 aromatic rings. The van der Waals surface area contributed by atoms with Crippen LogP contribution in [0.2, 0.25) is 0 Å². The SMILES string of the molecule is CCOC(=O)c1cccn1CCCc1cccnc1. The average Bonchev–Trinajstić information content (AvgIpc) is 2.89. The molecule has 19 heavy (non-hydrogen) atoms. The summed E-state index contributed by atoms with van der Waals surface area (Å²) >= 11 is 0. The molecule has 4 nitrogen and oxygen atoms in total. The Balaban J connectivity index is 1.90. The van der Waals surface area contributed by atoms with Crippen molar-refractivity contribution in [2.75, 3.05) is 6.61 Å². The van der Waals surface area contributed by atoms with Crippen LogP contribution in [0.5, 0.6) is 0 Å². The van der Waals surface area contributed by atoms with Crippen molar-refractivity contribution >= 4 is 5.97 Å². The molecule has 2 rings (SSSR count). The quantitative estimate of drug-likeness (QED) is 0.748. The number of ether oxygens (including phenoxy) is 1. The molecule has 0 saturated heterocycles. The lowest BCUT2D eigenvalue weighted by molar-refractivity contribution is 0.0513. The molecule has 4 heteroatoms. The van der Waals surface area contributed by atoms with Gasteiger partial charge < -0.3 is 9.30 Å². The third-order valence-electron chi connectivity index (χ3n) is 2.90. The third-order valence-corrected chi connectivity index (χ3v) is 2.90. The number of pyridine rings is 1. The summed E-state index contributed by atoms with van der Waals surface area (Å²) in [6, 6.07) is 7.67. The first-order valence-corrected chi connectivity index (χ1v) is 6.52. The predicted molar refractivity (Wildman–Crippen MR) is 72.9 cm³/mol. The average molecular weight is 258 g/mol. The molecule has 0 aliphatic carbocycles. The second-order valence-electron chi connectivity index (χ2n) is 4.27. The standard InChI is InChI=1S/C15H18N2O2/c1-2-19-15(18)14-8-5-11-17(14)10-4-7-13-6-3-9-16-12-13/h3,5-6,8-9,11-12H,2,4,7,10H2,1H3. The van der Waals surface area contributed by atoms with E-state index in [1.54, 1.807) is 12.3 Å². The summed E-state index contributed by atoms with van der Waals surface area (Å²) < 4.78 is 6.96. The fourth-order valence-corrected chi connectivity index (χ4v) is 2.00. The van der Waals surface area contributed by atoms with Crippen LogP contribution in [0, 0.1) is 0 Å². The Morgan fingerprint density at radius 1 is 1.37 bits per heavy atom. The van der Waals surface area contributed by atoms with Gasteiger partial charge in [-0.05, 0) is 43.5 Å². The maximum absolute atomic E-state index is 11.7. The van der Waals surface area contributed by atoms with Crippen molar-refractivity contribution < 1.29 is 9.53 Å². The van der Waals surface area contributed by atoms with Crippen LogP contribution in [0.1, 0.15) is 29.4 Å². The van der Waals surface area contributed by atoms with Crippen LogP contribution in [-0.2, 0) is 17.7 Å². The Hall–Kier alpha value is -2.10. The summed E-state index contributed by atoms with van der Waals surface area (Å²) in [7, 11) is 0. The molecule has 100 valence electrons. The zero-order chi connectivity index (χ0) is 13.5. The van der Waals surface area contributed by atoms with E-state index in [1.807, 2.05) is 36.0 Å². The van der Waals surface area contributed by atoms with Crippen molar-refractivity contribution in [1.82, 2.24) is 9.55 Å². The number of hydrogen-bond donors (Lipinski definition) is 0. The molecule has 0 bridgehead atoms. The van der Waals surface area contributed by atoms with Gasteiger partial charge in [0.2, 0.25) is 0 Å². The van der Waals surface area contributed by atoms with Gasteiger partial charge in [-0.3, -0.25) is 4.98 Å². The first kappa shape index (κ1) is 13.3. The summed E-state index contributed by atoms with van der Waals surface area (Å²) in [4.78, 5) is 15.8. The smallest absolute Gasteiger partial charge is 0.354 e. The number of aryl methyl sites for hydroxylation is 2. The molecule has 2 heterocycles. The van der Waals surface area contributed by atoms with Gasteiger partial charge in [-0.1, -0.05) is 6.07 Å². The first-order chi connectivity index (χ1) is 9.31. The van der Waals surface area contributed by atoms with E-state index in [9.17, 15) is 4.79 Å². The number of hydrogen-bond acceptors (Lipinski definition) is 3. The van der Waals surface area contributed by atoms with Crippen molar-refractivity contribution in [2.45, 2.75) is 26.3 Å². The number of carbonyl (C=O) groups is 1. The van der Waals surface area contributed by atoms with E-state index in [1.165, 1.54) is 5.56 Å². The number of carbonyl (C=O) groups excluding carboxylic acids is 1. The Kier molecular flexibility index (Phi) is 4.72. The van der Waals surface area contributed by atoms with Crippen molar-refractivity contribution in [1.29, 1.82) is 0 Å². The van der Waals surface area contributed by atoms with Gasteiger partial charge in [-0.25, -0.2) is 4.79 Å². The van der Waals surface area contributed by atoms with Gasteiger partial charge in [0, 0.05) is 25.1 Å². The van der Waals surface area contributed by atoms with Gasteiger partial charge in [0.25, 0.3) is 0 Å². The van der Waals surface area contributed by atoms with Gasteiger partial charge in [0.1, 0.15) is 5.69 Å². The number of esters is 1. The van der Waals surface area contributed by atoms with Crippen LogP contribution >= 0.6 is 0 Å². The maximum atomic E-state index is 11.7. The minimum atomic E-state index is -0.256. The van der Waals surface area contributed by atoms with Crippen LogP contribution in [-0.4, -0.2) is 22.1 Å². The molecular formula is C15H18N2O2. The van der Waals surface area contributed by atoms with Gasteiger partial charge in [0.15, 0.2) is 0 Å². The second-order valence-corrected chi connectivity index (χ2v) is 4.27. The van der Waals surface area contributed by atoms with E-state index in [-0.39, 0.29) is 5.97 Å². The molecule has 0 aliphatic heterocycles. The minimum Gasteiger partial charge on any atom is -0.461 e. The number of rotatable bonds is 6. The summed E-state index contributed by atoms with van der Waals surface area (Å²) in [6.45, 7) is 3.02. The van der Waals surface area contributed by atoms with Crippen molar-refractivity contribution in [3.8, 4) is 0 Å². The van der Waals surface area contributed by atoms with E-state index in [2.05, 4.69) is 11.1 Å². The highest BCUT2D eigenvalue weighted by Crippen LogP contribution is 2.08. The molecule has 0 aromatic carbocycles.